The minimum absolute atomic E-state index is 0.517. The lowest BCUT2D eigenvalue weighted by Gasteiger charge is -2.38. The molecule has 6 nitrogen and oxygen atoms in total. The van der Waals surface area contributed by atoms with Crippen molar-refractivity contribution in [2.75, 3.05) is 6.61 Å². The molecule has 88 valence electrons. The summed E-state index contributed by atoms with van der Waals surface area (Å²) < 4.78 is 18.0. The average molecular weight is 223 g/mol. The molecule has 0 aromatic heterocycles. The number of halogens is 1. The summed E-state index contributed by atoms with van der Waals surface area (Å²) in [6.45, 7) is 0.521. The van der Waals surface area contributed by atoms with Crippen molar-refractivity contribution in [3.05, 3.63) is 0 Å². The fraction of sp³-hybridized carbons (Fsp3) is 0.875. The van der Waals surface area contributed by atoms with Gasteiger partial charge in [0.15, 0.2) is 12.5 Å². The zero-order valence-corrected chi connectivity index (χ0v) is 8.13. The second-order valence-corrected chi connectivity index (χ2v) is 3.41. The van der Waals surface area contributed by atoms with E-state index in [0.717, 1.165) is 0 Å². The van der Waals surface area contributed by atoms with Crippen molar-refractivity contribution >= 4 is 5.91 Å². The summed E-state index contributed by atoms with van der Waals surface area (Å²) in [5.41, 5.74) is 0. The summed E-state index contributed by atoms with van der Waals surface area (Å²) in [5, 5.41) is 29.6. The van der Waals surface area contributed by atoms with Gasteiger partial charge in [-0.15, -0.1) is 0 Å². The number of ether oxygens (including phenoxy) is 1. The fourth-order valence-corrected chi connectivity index (χ4v) is 1.46. The first-order valence-electron chi connectivity index (χ1n) is 4.51. The third-order valence-corrected chi connectivity index (χ3v) is 2.22. The van der Waals surface area contributed by atoms with Crippen LogP contribution in [0, 0.1) is 0 Å². The fourth-order valence-electron chi connectivity index (χ4n) is 1.46. The van der Waals surface area contributed by atoms with Crippen molar-refractivity contribution in [2.24, 2.45) is 0 Å². The summed E-state index contributed by atoms with van der Waals surface area (Å²) in [5.74, 6) is -0.517. The molecule has 7 heteroatoms. The SMILES string of the molecule is CC(=O)N[C@H]1[C@@H](O)[C@@H](F)[C@@H](CO)O[C@@H]1O. The lowest BCUT2D eigenvalue weighted by atomic mass is 9.98. The molecule has 0 unspecified atom stereocenters. The maximum Gasteiger partial charge on any atom is 0.217 e. The molecule has 15 heavy (non-hydrogen) atoms. The smallest absolute Gasteiger partial charge is 0.217 e. The lowest BCUT2D eigenvalue weighted by Crippen LogP contribution is -2.62. The van der Waals surface area contributed by atoms with Crippen LogP contribution >= 0.6 is 0 Å². The Bertz CT molecular complexity index is 239. The van der Waals surface area contributed by atoms with Gasteiger partial charge in [0, 0.05) is 6.92 Å². The first-order chi connectivity index (χ1) is 6.97. The second-order valence-electron chi connectivity index (χ2n) is 3.41. The van der Waals surface area contributed by atoms with E-state index >= 15 is 0 Å². The van der Waals surface area contributed by atoms with Crippen LogP contribution < -0.4 is 5.32 Å². The number of rotatable bonds is 2. The highest BCUT2D eigenvalue weighted by molar-refractivity contribution is 5.73. The summed E-state index contributed by atoms with van der Waals surface area (Å²) in [6, 6.07) is -1.22. The van der Waals surface area contributed by atoms with Gasteiger partial charge in [-0.3, -0.25) is 4.79 Å². The molecule has 4 N–H and O–H groups in total. The number of alkyl halides is 1. The molecule has 0 spiro atoms. The number of amides is 1. The van der Waals surface area contributed by atoms with E-state index in [9.17, 15) is 19.4 Å². The molecule has 0 radical (unpaired) electrons. The van der Waals surface area contributed by atoms with Crippen LogP contribution in [-0.4, -0.2) is 58.5 Å². The molecule has 1 amide bonds. The molecule has 1 aliphatic heterocycles. The van der Waals surface area contributed by atoms with E-state index in [1.54, 1.807) is 0 Å². The number of carbonyl (C=O) groups excluding carboxylic acids is 1. The van der Waals surface area contributed by atoms with Gasteiger partial charge in [-0.05, 0) is 0 Å². The first kappa shape index (κ1) is 12.3. The minimum Gasteiger partial charge on any atom is -0.394 e. The van der Waals surface area contributed by atoms with Gasteiger partial charge in [-0.2, -0.15) is 0 Å². The van der Waals surface area contributed by atoms with Crippen LogP contribution in [0.2, 0.25) is 0 Å². The molecular formula is C8H14FNO5. The molecule has 0 aliphatic carbocycles. The molecule has 1 fully saturated rings. The standard InChI is InChI=1S/C8H14FNO5/c1-3(12)10-6-7(13)5(9)4(2-11)15-8(6)14/h4-8,11,13-14H,2H2,1H3,(H,10,12)/t4-,5+,6+,7+,8+/m1/s1. The Morgan fingerprint density at radius 2 is 2.13 bits per heavy atom. The Morgan fingerprint density at radius 1 is 1.53 bits per heavy atom. The number of aliphatic hydroxyl groups excluding tert-OH is 3. The highest BCUT2D eigenvalue weighted by Gasteiger charge is 2.45. The predicted octanol–water partition coefficient (Wildman–Crippen LogP) is -2.10. The Morgan fingerprint density at radius 3 is 2.60 bits per heavy atom. The summed E-state index contributed by atoms with van der Waals surface area (Å²) in [7, 11) is 0. The molecule has 1 heterocycles. The number of aliphatic hydroxyl groups is 3. The molecule has 1 aliphatic rings. The monoisotopic (exact) mass is 223 g/mol. The van der Waals surface area contributed by atoms with Gasteiger partial charge < -0.3 is 25.4 Å². The average Bonchev–Trinajstić information content (AvgIpc) is 2.18. The highest BCUT2D eigenvalue weighted by atomic mass is 19.1. The zero-order valence-electron chi connectivity index (χ0n) is 8.13. The number of hydrogen-bond donors (Lipinski definition) is 4. The van der Waals surface area contributed by atoms with E-state index in [2.05, 4.69) is 10.1 Å². The van der Waals surface area contributed by atoms with Gasteiger partial charge in [0.25, 0.3) is 0 Å². The molecule has 0 aromatic rings. The maximum absolute atomic E-state index is 13.3. The number of hydrogen-bond acceptors (Lipinski definition) is 5. The highest BCUT2D eigenvalue weighted by Crippen LogP contribution is 2.22. The summed E-state index contributed by atoms with van der Waals surface area (Å²) in [6.07, 6.45) is -6.27. The molecule has 0 bridgehead atoms. The third-order valence-electron chi connectivity index (χ3n) is 2.22. The van der Waals surface area contributed by atoms with E-state index < -0.39 is 43.2 Å². The second kappa shape index (κ2) is 4.84. The first-order valence-corrected chi connectivity index (χ1v) is 4.51. The Kier molecular flexibility index (Phi) is 3.97. The minimum atomic E-state index is -1.85. The van der Waals surface area contributed by atoms with Crippen LogP contribution in [0.25, 0.3) is 0 Å². The van der Waals surface area contributed by atoms with Crippen molar-refractivity contribution < 1.29 is 29.2 Å². The van der Waals surface area contributed by atoms with Crippen LogP contribution in [0.5, 0.6) is 0 Å². The Hall–Kier alpha value is -0.760. The van der Waals surface area contributed by atoms with Crippen LogP contribution in [0.1, 0.15) is 6.92 Å². The maximum atomic E-state index is 13.3. The van der Waals surface area contributed by atoms with Crippen molar-refractivity contribution in [3.63, 3.8) is 0 Å². The van der Waals surface area contributed by atoms with E-state index in [-0.39, 0.29) is 0 Å². The normalized spacial score (nSPS) is 41.3. The number of nitrogens with one attached hydrogen (secondary N) is 1. The van der Waals surface area contributed by atoms with E-state index in [0.29, 0.717) is 0 Å². The van der Waals surface area contributed by atoms with E-state index in [1.165, 1.54) is 6.92 Å². The third kappa shape index (κ3) is 2.63. The van der Waals surface area contributed by atoms with Crippen molar-refractivity contribution in [1.82, 2.24) is 5.32 Å². The molecule has 1 rings (SSSR count). The topological polar surface area (TPSA) is 99.0 Å². The van der Waals surface area contributed by atoms with Crippen LogP contribution in [0.4, 0.5) is 4.39 Å². The largest absolute Gasteiger partial charge is 0.394 e. The van der Waals surface area contributed by atoms with Gasteiger partial charge in [0.1, 0.15) is 18.2 Å². The summed E-state index contributed by atoms with van der Waals surface area (Å²) in [4.78, 5) is 10.7. The van der Waals surface area contributed by atoms with Gasteiger partial charge >= 0.3 is 0 Å². The molecule has 1 saturated heterocycles. The van der Waals surface area contributed by atoms with E-state index in [1.807, 2.05) is 0 Å². The Labute approximate surface area is 85.7 Å². The van der Waals surface area contributed by atoms with Crippen LogP contribution in [-0.2, 0) is 9.53 Å². The number of carbonyl (C=O) groups is 1. The lowest BCUT2D eigenvalue weighted by molar-refractivity contribution is -0.240. The van der Waals surface area contributed by atoms with Gasteiger partial charge in [0.2, 0.25) is 5.91 Å². The zero-order chi connectivity index (χ0) is 11.6. The van der Waals surface area contributed by atoms with E-state index in [4.69, 9.17) is 5.11 Å². The molecular weight excluding hydrogens is 209 g/mol. The quantitative estimate of drug-likeness (QED) is 0.430. The van der Waals surface area contributed by atoms with Gasteiger partial charge in [-0.1, -0.05) is 0 Å². The van der Waals surface area contributed by atoms with Crippen molar-refractivity contribution in [1.29, 1.82) is 0 Å². The molecule has 0 saturated carbocycles. The van der Waals surface area contributed by atoms with Crippen LogP contribution in [0.3, 0.4) is 0 Å². The van der Waals surface area contributed by atoms with Gasteiger partial charge in [-0.25, -0.2) is 4.39 Å². The predicted molar refractivity (Wildman–Crippen MR) is 46.5 cm³/mol. The summed E-state index contributed by atoms with van der Waals surface area (Å²) >= 11 is 0. The molecule has 0 aromatic carbocycles. The van der Waals surface area contributed by atoms with Crippen molar-refractivity contribution in [3.8, 4) is 0 Å². The van der Waals surface area contributed by atoms with Crippen molar-refractivity contribution in [2.45, 2.75) is 37.6 Å². The van der Waals surface area contributed by atoms with Gasteiger partial charge in [0.05, 0.1) is 6.61 Å². The molecule has 5 atom stereocenters. The Balaban J connectivity index is 2.70. The van der Waals surface area contributed by atoms with Crippen LogP contribution in [0.15, 0.2) is 0 Å².